The predicted octanol–water partition coefficient (Wildman–Crippen LogP) is 4.48. The second-order valence-electron chi connectivity index (χ2n) is 4.48. The lowest BCUT2D eigenvalue weighted by molar-refractivity contribution is -0.134. The molecule has 0 unspecified atom stereocenters. The Bertz CT molecular complexity index is 613. The fourth-order valence-corrected chi connectivity index (χ4v) is 2.66. The molecule has 0 spiro atoms. The summed E-state index contributed by atoms with van der Waals surface area (Å²) in [5, 5.41) is 0. The number of carbonyl (C=O) groups excluding carboxylic acids is 1. The molecule has 2 nitrogen and oxygen atoms in total. The fourth-order valence-electron chi connectivity index (χ4n) is 1.92. The van der Waals surface area contributed by atoms with Gasteiger partial charge in [0.1, 0.15) is 11.6 Å². The van der Waals surface area contributed by atoms with Crippen LogP contribution in [0.15, 0.2) is 53.4 Å². The van der Waals surface area contributed by atoms with Crippen LogP contribution in [0, 0.1) is 5.82 Å². The Kier molecular flexibility index (Phi) is 5.81. The number of thioether (sulfide) groups is 1. The van der Waals surface area contributed by atoms with Crippen LogP contribution in [0.25, 0.3) is 0 Å². The molecule has 0 atom stereocenters. The predicted molar refractivity (Wildman–Crippen MR) is 83.2 cm³/mol. The number of benzene rings is 2. The Morgan fingerprint density at radius 3 is 2.76 bits per heavy atom. The summed E-state index contributed by atoms with van der Waals surface area (Å²) in [6.07, 6.45) is 0.703. The molecule has 0 radical (unpaired) electrons. The summed E-state index contributed by atoms with van der Waals surface area (Å²) in [6.45, 7) is 2.05. The second-order valence-corrected chi connectivity index (χ2v) is 5.79. The topological polar surface area (TPSA) is 26.3 Å². The number of halogens is 1. The average Bonchev–Trinajstić information content (AvgIpc) is 2.48. The normalized spacial score (nSPS) is 10.4. The average molecular weight is 304 g/mol. The van der Waals surface area contributed by atoms with Crippen molar-refractivity contribution >= 4 is 17.7 Å². The molecule has 2 aromatic rings. The lowest BCUT2D eigenvalue weighted by Crippen LogP contribution is -2.09. The highest BCUT2D eigenvalue weighted by Crippen LogP contribution is 2.29. The van der Waals surface area contributed by atoms with Crippen molar-refractivity contribution in [1.29, 1.82) is 0 Å². The monoisotopic (exact) mass is 304 g/mol. The third kappa shape index (κ3) is 4.90. The van der Waals surface area contributed by atoms with E-state index < -0.39 is 0 Å². The molecular formula is C17H17FO2S. The van der Waals surface area contributed by atoms with Gasteiger partial charge in [0.15, 0.2) is 0 Å². The molecule has 2 aromatic carbocycles. The van der Waals surface area contributed by atoms with Gasteiger partial charge >= 0.3 is 5.97 Å². The van der Waals surface area contributed by atoms with E-state index >= 15 is 0 Å². The molecule has 0 aliphatic carbocycles. The van der Waals surface area contributed by atoms with E-state index in [1.165, 1.54) is 12.1 Å². The van der Waals surface area contributed by atoms with Gasteiger partial charge in [-0.2, -0.15) is 0 Å². The van der Waals surface area contributed by atoms with Crippen LogP contribution in [0.1, 0.15) is 18.9 Å². The molecule has 0 amide bonds. The first-order valence-electron chi connectivity index (χ1n) is 6.86. The first-order valence-corrected chi connectivity index (χ1v) is 7.84. The van der Waals surface area contributed by atoms with Gasteiger partial charge in [-0.1, -0.05) is 31.2 Å². The molecular weight excluding hydrogens is 287 g/mol. The van der Waals surface area contributed by atoms with E-state index in [1.807, 2.05) is 25.1 Å². The molecule has 0 saturated carbocycles. The van der Waals surface area contributed by atoms with Gasteiger partial charge in [0.05, 0.1) is 4.90 Å². The van der Waals surface area contributed by atoms with Gasteiger partial charge in [0, 0.05) is 6.42 Å². The third-order valence-electron chi connectivity index (χ3n) is 2.88. The summed E-state index contributed by atoms with van der Waals surface area (Å²) in [5.74, 6) is 0.917. The summed E-state index contributed by atoms with van der Waals surface area (Å²) in [7, 11) is 0. The summed E-state index contributed by atoms with van der Waals surface area (Å²) < 4.78 is 18.5. The second kappa shape index (κ2) is 7.84. The van der Waals surface area contributed by atoms with Crippen molar-refractivity contribution in [1.82, 2.24) is 0 Å². The van der Waals surface area contributed by atoms with E-state index in [0.717, 1.165) is 16.2 Å². The highest BCUT2D eigenvalue weighted by molar-refractivity contribution is 7.99. The number of carbonyl (C=O) groups is 1. The molecule has 110 valence electrons. The van der Waals surface area contributed by atoms with Crippen molar-refractivity contribution in [2.75, 3.05) is 5.75 Å². The Hall–Kier alpha value is -1.81. The largest absolute Gasteiger partial charge is 0.425 e. The van der Waals surface area contributed by atoms with Crippen LogP contribution in [-0.2, 0) is 11.2 Å². The maximum atomic E-state index is 13.1. The molecule has 0 N–H and O–H groups in total. The van der Waals surface area contributed by atoms with Crippen molar-refractivity contribution in [3.05, 3.63) is 59.9 Å². The molecule has 0 heterocycles. The van der Waals surface area contributed by atoms with Crippen LogP contribution < -0.4 is 4.74 Å². The van der Waals surface area contributed by atoms with E-state index in [2.05, 4.69) is 0 Å². The molecule has 2 rings (SSSR count). The molecule has 0 aromatic heterocycles. The Morgan fingerprint density at radius 1 is 1.19 bits per heavy atom. The maximum Gasteiger partial charge on any atom is 0.311 e. The smallest absolute Gasteiger partial charge is 0.311 e. The summed E-state index contributed by atoms with van der Waals surface area (Å²) in [4.78, 5) is 12.9. The highest BCUT2D eigenvalue weighted by atomic mass is 32.2. The van der Waals surface area contributed by atoms with Crippen molar-refractivity contribution in [2.24, 2.45) is 0 Å². The van der Waals surface area contributed by atoms with E-state index in [1.54, 1.807) is 30.0 Å². The number of para-hydroxylation sites is 1. The summed E-state index contributed by atoms with van der Waals surface area (Å²) in [5.41, 5.74) is 0.795. The number of aryl methyl sites for hydroxylation is 1. The van der Waals surface area contributed by atoms with Crippen molar-refractivity contribution in [3.8, 4) is 5.75 Å². The number of esters is 1. The van der Waals surface area contributed by atoms with Crippen molar-refractivity contribution < 1.29 is 13.9 Å². The van der Waals surface area contributed by atoms with Gasteiger partial charge in [-0.25, -0.2) is 4.39 Å². The van der Waals surface area contributed by atoms with Gasteiger partial charge in [0.25, 0.3) is 0 Å². The SMILES string of the molecule is CCSc1ccccc1OC(=O)CCc1cccc(F)c1. The lowest BCUT2D eigenvalue weighted by Gasteiger charge is -2.09. The van der Waals surface area contributed by atoms with Crippen LogP contribution in [0.3, 0.4) is 0 Å². The first-order chi connectivity index (χ1) is 10.2. The van der Waals surface area contributed by atoms with E-state index in [0.29, 0.717) is 12.2 Å². The first kappa shape index (κ1) is 15.6. The molecule has 21 heavy (non-hydrogen) atoms. The third-order valence-corrected chi connectivity index (χ3v) is 3.82. The van der Waals surface area contributed by atoms with Gasteiger partial charge in [0.2, 0.25) is 0 Å². The van der Waals surface area contributed by atoms with E-state index in [9.17, 15) is 9.18 Å². The van der Waals surface area contributed by atoms with Gasteiger partial charge in [-0.05, 0) is 42.0 Å². The van der Waals surface area contributed by atoms with Crippen LogP contribution in [0.4, 0.5) is 4.39 Å². The summed E-state index contributed by atoms with van der Waals surface area (Å²) >= 11 is 1.63. The lowest BCUT2D eigenvalue weighted by atomic mass is 10.1. The van der Waals surface area contributed by atoms with Crippen LogP contribution in [0.5, 0.6) is 5.75 Å². The zero-order chi connectivity index (χ0) is 15.1. The Morgan fingerprint density at radius 2 is 2.00 bits per heavy atom. The minimum Gasteiger partial charge on any atom is -0.425 e. The standard InChI is InChI=1S/C17H17FO2S/c1-2-21-16-9-4-3-8-15(16)20-17(19)11-10-13-6-5-7-14(18)12-13/h3-9,12H,2,10-11H2,1H3. The molecule has 0 aliphatic rings. The van der Waals surface area contributed by atoms with Gasteiger partial charge in [-0.3, -0.25) is 4.79 Å². The van der Waals surface area contributed by atoms with Crippen molar-refractivity contribution in [3.63, 3.8) is 0 Å². The maximum absolute atomic E-state index is 13.1. The van der Waals surface area contributed by atoms with Gasteiger partial charge < -0.3 is 4.74 Å². The molecule has 0 fully saturated rings. The van der Waals surface area contributed by atoms with Crippen LogP contribution >= 0.6 is 11.8 Å². The molecule has 0 saturated heterocycles. The number of hydrogen-bond acceptors (Lipinski definition) is 3. The Balaban J connectivity index is 1.93. The molecule has 0 bridgehead atoms. The number of rotatable bonds is 6. The highest BCUT2D eigenvalue weighted by Gasteiger charge is 2.09. The van der Waals surface area contributed by atoms with Crippen molar-refractivity contribution in [2.45, 2.75) is 24.7 Å². The number of ether oxygens (including phenoxy) is 1. The zero-order valence-electron chi connectivity index (χ0n) is 11.8. The van der Waals surface area contributed by atoms with E-state index in [-0.39, 0.29) is 18.2 Å². The number of hydrogen-bond donors (Lipinski definition) is 0. The minimum atomic E-state index is -0.302. The zero-order valence-corrected chi connectivity index (χ0v) is 12.7. The van der Waals surface area contributed by atoms with Crippen LogP contribution in [-0.4, -0.2) is 11.7 Å². The minimum absolute atomic E-state index is 0.231. The Labute approximate surface area is 128 Å². The molecule has 0 aliphatic heterocycles. The van der Waals surface area contributed by atoms with Crippen LogP contribution in [0.2, 0.25) is 0 Å². The van der Waals surface area contributed by atoms with E-state index in [4.69, 9.17) is 4.74 Å². The fraction of sp³-hybridized carbons (Fsp3) is 0.235. The quantitative estimate of drug-likeness (QED) is 0.447. The summed E-state index contributed by atoms with van der Waals surface area (Å²) in [6, 6.07) is 13.8. The molecule has 4 heteroatoms. The van der Waals surface area contributed by atoms with Gasteiger partial charge in [-0.15, -0.1) is 11.8 Å².